The van der Waals surface area contributed by atoms with Crippen LogP contribution < -0.4 is 0 Å². The second-order valence-corrected chi connectivity index (χ2v) is 7.96. The van der Waals surface area contributed by atoms with Gasteiger partial charge < -0.3 is 4.89 Å². The van der Waals surface area contributed by atoms with Gasteiger partial charge in [0.15, 0.2) is 0 Å². The molecule has 1 fully saturated rings. The Balaban J connectivity index is 1.85. The number of hydrogen-bond acceptors (Lipinski definition) is 7. The van der Waals surface area contributed by atoms with Crippen molar-refractivity contribution in [2.45, 2.75) is 11.7 Å². The Bertz CT molecular complexity index is 611. The van der Waals surface area contributed by atoms with Crippen LogP contribution in [0, 0.1) is 0 Å². The summed E-state index contributed by atoms with van der Waals surface area (Å²) in [6, 6.07) is 0. The van der Waals surface area contributed by atoms with Crippen LogP contribution in [0.25, 0.3) is 0 Å². The second kappa shape index (κ2) is 6.96. The predicted octanol–water partition coefficient (Wildman–Crippen LogP) is -0.439. The second-order valence-electron chi connectivity index (χ2n) is 4.95. The summed E-state index contributed by atoms with van der Waals surface area (Å²) in [7, 11) is -3.63. The van der Waals surface area contributed by atoms with Gasteiger partial charge in [-0.05, 0) is 0 Å². The molecule has 0 aromatic carbocycles. The van der Waals surface area contributed by atoms with E-state index in [-0.39, 0.29) is 25.4 Å². The van der Waals surface area contributed by atoms with Crippen LogP contribution in [0.5, 0.6) is 0 Å². The molecule has 2 heterocycles. The van der Waals surface area contributed by atoms with Crippen LogP contribution in [0.15, 0.2) is 12.2 Å². The fourth-order valence-electron chi connectivity index (χ4n) is 2.08. The minimum Gasteiger partial charge on any atom is -0.324 e. The Morgan fingerprint density at radius 1 is 1.22 bits per heavy atom. The molecule has 1 saturated heterocycles. The molecule has 0 aliphatic carbocycles. The van der Waals surface area contributed by atoms with Crippen molar-refractivity contribution in [2.24, 2.45) is 0 Å². The summed E-state index contributed by atoms with van der Waals surface area (Å²) >= 11 is 0.959. The van der Waals surface area contributed by atoms with Gasteiger partial charge in [0.2, 0.25) is 11.8 Å². The third-order valence-corrected chi connectivity index (χ3v) is 5.02. The first-order chi connectivity index (χ1) is 10.7. The van der Waals surface area contributed by atoms with Gasteiger partial charge in [-0.15, -0.1) is 11.8 Å². The number of rotatable bonds is 7. The molecule has 2 atom stereocenters. The Hall–Kier alpha value is -1.48. The van der Waals surface area contributed by atoms with E-state index in [0.717, 1.165) is 40.4 Å². The summed E-state index contributed by atoms with van der Waals surface area (Å²) in [5.74, 6) is -2.01. The average molecular weight is 362 g/mol. The van der Waals surface area contributed by atoms with E-state index in [9.17, 15) is 23.7 Å². The predicted molar refractivity (Wildman–Crippen MR) is 80.3 cm³/mol. The first-order valence-electron chi connectivity index (χ1n) is 6.63. The van der Waals surface area contributed by atoms with Gasteiger partial charge in [0, 0.05) is 38.3 Å². The lowest BCUT2D eigenvalue weighted by atomic mass is 10.4. The van der Waals surface area contributed by atoms with E-state index >= 15 is 0 Å². The highest BCUT2D eigenvalue weighted by molar-refractivity contribution is 8.00. The van der Waals surface area contributed by atoms with Crippen LogP contribution in [0.3, 0.4) is 0 Å². The van der Waals surface area contributed by atoms with Gasteiger partial charge in [0.1, 0.15) is 5.94 Å². The maximum Gasteiger partial charge on any atom is 0.325 e. The maximum absolute atomic E-state index is 12.1. The van der Waals surface area contributed by atoms with Gasteiger partial charge >= 0.3 is 7.60 Å². The highest BCUT2D eigenvalue weighted by atomic mass is 32.2. The molecule has 0 aromatic rings. The maximum atomic E-state index is 12.1. The van der Waals surface area contributed by atoms with Crippen molar-refractivity contribution in [3.8, 4) is 0 Å². The Morgan fingerprint density at radius 3 is 2.35 bits per heavy atom. The molecule has 0 radical (unpaired) electrons. The fraction of sp³-hybridized carbons (Fsp3) is 0.500. The first kappa shape index (κ1) is 17.9. The molecule has 4 amide bonds. The number of amides is 4. The highest BCUT2D eigenvalue weighted by Gasteiger charge is 2.39. The lowest BCUT2D eigenvalue weighted by molar-refractivity contribution is -0.142. The van der Waals surface area contributed by atoms with Crippen LogP contribution in [-0.4, -0.2) is 69.3 Å². The van der Waals surface area contributed by atoms with E-state index in [4.69, 9.17) is 4.89 Å². The molecule has 23 heavy (non-hydrogen) atoms. The summed E-state index contributed by atoms with van der Waals surface area (Å²) in [5.41, 5.74) is 0. The zero-order valence-electron chi connectivity index (χ0n) is 12.2. The lowest BCUT2D eigenvalue weighted by Gasteiger charge is -2.19. The van der Waals surface area contributed by atoms with Crippen molar-refractivity contribution in [1.29, 1.82) is 0 Å². The molecule has 0 aromatic heterocycles. The van der Waals surface area contributed by atoms with E-state index in [0.29, 0.717) is 0 Å². The van der Waals surface area contributed by atoms with Crippen molar-refractivity contribution in [1.82, 2.24) is 9.80 Å². The van der Waals surface area contributed by atoms with Crippen molar-refractivity contribution >= 4 is 43.0 Å². The number of hydrogen-bond donors (Lipinski definition) is 1. The van der Waals surface area contributed by atoms with Gasteiger partial charge in [-0.1, -0.05) is 0 Å². The Labute approximate surface area is 136 Å². The normalized spacial score (nSPS) is 24.0. The number of nitrogens with zero attached hydrogens (tertiary/aromatic N) is 2. The quantitative estimate of drug-likeness (QED) is 0.368. The molecule has 2 unspecified atom stereocenters. The van der Waals surface area contributed by atoms with Crippen LogP contribution in [0.4, 0.5) is 0 Å². The van der Waals surface area contributed by atoms with E-state index in [1.165, 1.54) is 0 Å². The average Bonchev–Trinajstić information content (AvgIpc) is 2.89. The summed E-state index contributed by atoms with van der Waals surface area (Å²) in [5, 5.41) is -0.697. The minimum atomic E-state index is -3.63. The van der Waals surface area contributed by atoms with Crippen LogP contribution in [-0.2, 0) is 28.3 Å². The lowest BCUT2D eigenvalue weighted by Crippen LogP contribution is -2.41. The third-order valence-electron chi connectivity index (χ3n) is 3.21. The van der Waals surface area contributed by atoms with E-state index in [1.54, 1.807) is 0 Å². The molecule has 2 aliphatic rings. The summed E-state index contributed by atoms with van der Waals surface area (Å²) in [6.07, 6.45) is 2.21. The zero-order chi connectivity index (χ0) is 17.2. The van der Waals surface area contributed by atoms with Gasteiger partial charge in [-0.25, -0.2) is 0 Å². The summed E-state index contributed by atoms with van der Waals surface area (Å²) in [4.78, 5) is 57.8. The summed E-state index contributed by atoms with van der Waals surface area (Å²) < 4.78 is 15.7. The van der Waals surface area contributed by atoms with E-state index in [2.05, 4.69) is 4.52 Å². The minimum absolute atomic E-state index is 0.0492. The highest BCUT2D eigenvalue weighted by Crippen LogP contribution is 2.38. The van der Waals surface area contributed by atoms with Crippen LogP contribution >= 0.6 is 19.4 Å². The zero-order valence-corrected chi connectivity index (χ0v) is 13.9. The molecule has 0 saturated carbocycles. The van der Waals surface area contributed by atoms with Gasteiger partial charge in [0.05, 0.1) is 5.25 Å². The molecular weight excluding hydrogens is 347 g/mol. The summed E-state index contributed by atoms with van der Waals surface area (Å²) in [6.45, 7) is 0.900. The first-order valence-corrected chi connectivity index (χ1v) is 9.70. The van der Waals surface area contributed by atoms with Gasteiger partial charge in [-0.3, -0.25) is 38.1 Å². The topological polar surface area (TPSA) is 121 Å². The number of likely N-dealkylation sites (tertiary alicyclic amines) is 1. The Morgan fingerprint density at radius 2 is 1.78 bits per heavy atom. The van der Waals surface area contributed by atoms with Gasteiger partial charge in [-0.2, -0.15) is 0 Å². The number of carbonyl (C=O) groups is 4. The van der Waals surface area contributed by atoms with Crippen molar-refractivity contribution < 1.29 is 33.2 Å². The third kappa shape index (κ3) is 4.51. The molecule has 126 valence electrons. The number of imide groups is 2. The molecular formula is C12H15N2O7PS. The van der Waals surface area contributed by atoms with Crippen LogP contribution in [0.2, 0.25) is 0 Å². The molecule has 0 bridgehead atoms. The molecule has 11 heteroatoms. The molecule has 2 rings (SSSR count). The van der Waals surface area contributed by atoms with Crippen LogP contribution in [0.1, 0.15) is 6.42 Å². The monoisotopic (exact) mass is 362 g/mol. The number of carbonyl (C=O) groups excluding carboxylic acids is 4. The SMILES string of the molecule is CP(=O)(O)OCSC1CC(=O)N(CCN2C(=O)C=CC2=O)C1=O. The molecule has 1 N–H and O–H groups in total. The molecule has 9 nitrogen and oxygen atoms in total. The largest absolute Gasteiger partial charge is 0.325 e. The molecule has 0 spiro atoms. The van der Waals surface area contributed by atoms with E-state index < -0.39 is 36.5 Å². The fourth-order valence-corrected chi connectivity index (χ4v) is 3.80. The van der Waals surface area contributed by atoms with Gasteiger partial charge in [0.25, 0.3) is 11.8 Å². The van der Waals surface area contributed by atoms with Crippen molar-refractivity contribution in [3.05, 3.63) is 12.2 Å². The molecule has 2 aliphatic heterocycles. The van der Waals surface area contributed by atoms with E-state index in [1.807, 2.05) is 0 Å². The smallest absolute Gasteiger partial charge is 0.324 e. The van der Waals surface area contributed by atoms with Crippen molar-refractivity contribution in [3.63, 3.8) is 0 Å². The Kier molecular flexibility index (Phi) is 5.41. The van der Waals surface area contributed by atoms with Crippen molar-refractivity contribution in [2.75, 3.05) is 25.7 Å². The number of thioether (sulfide) groups is 1. The standard InChI is InChI=1S/C12H15N2O7PS/c1-22(19,20)21-7-23-8-6-11(17)14(12(8)18)5-4-13-9(15)2-3-10(13)16/h2-3,8H,4-7H2,1H3,(H,19,20).